The van der Waals surface area contributed by atoms with Gasteiger partial charge in [0.1, 0.15) is 11.5 Å². The maximum Gasteiger partial charge on any atom is 0.266 e. The first kappa shape index (κ1) is 21.6. The molecule has 0 aliphatic carbocycles. The highest BCUT2D eigenvalue weighted by molar-refractivity contribution is 8.18. The topological polar surface area (TPSA) is 85.9 Å². The molecule has 4 rings (SSSR count). The van der Waals surface area contributed by atoms with Crippen molar-refractivity contribution >= 4 is 40.6 Å². The number of thioether (sulfide) groups is 1. The van der Waals surface area contributed by atoms with Crippen LogP contribution in [0.3, 0.4) is 0 Å². The first-order valence-corrected chi connectivity index (χ1v) is 11.0. The number of hydrogen-bond donors (Lipinski definition) is 0. The molecule has 0 saturated carbocycles. The molecule has 1 saturated heterocycles. The number of aliphatic imine (C=N–C) groups is 1. The third-order valence-corrected chi connectivity index (χ3v) is 5.73. The normalized spacial score (nSPS) is 16.5. The van der Waals surface area contributed by atoms with Crippen LogP contribution < -0.4 is 5.11 Å². The highest BCUT2D eigenvalue weighted by Crippen LogP contribution is 2.35. The Morgan fingerprint density at radius 3 is 2.47 bits per heavy atom. The van der Waals surface area contributed by atoms with Crippen LogP contribution >= 0.6 is 11.8 Å². The summed E-state index contributed by atoms with van der Waals surface area (Å²) in [5.41, 5.74) is 1.63. The Morgan fingerprint density at radius 2 is 1.81 bits per heavy atom. The lowest BCUT2D eigenvalue weighted by Crippen LogP contribution is -2.32. The lowest BCUT2D eigenvalue weighted by atomic mass is 10.1. The Balaban J connectivity index is 1.60. The molecule has 1 aromatic heterocycles. The third kappa shape index (κ3) is 4.84. The zero-order valence-corrected chi connectivity index (χ0v) is 18.5. The predicted octanol–water partition coefficient (Wildman–Crippen LogP) is 4.57. The summed E-state index contributed by atoms with van der Waals surface area (Å²) in [5, 5.41) is 11.6. The number of hydrogen-bond acceptors (Lipinski definition) is 6. The molecular weight excluding hydrogens is 424 g/mol. The SMILES string of the molecule is CC(C)CN1C(=O)/C(=C\c2ccc(-c3ccc(C(=O)[O-])cc3)o2)SC1=Nc1ccccc1. The van der Waals surface area contributed by atoms with Gasteiger partial charge in [-0.3, -0.25) is 9.69 Å². The monoisotopic (exact) mass is 445 g/mol. The fourth-order valence-electron chi connectivity index (χ4n) is 3.22. The highest BCUT2D eigenvalue weighted by Gasteiger charge is 2.34. The molecule has 162 valence electrons. The molecule has 7 heteroatoms. The van der Waals surface area contributed by atoms with Gasteiger partial charge in [0.05, 0.1) is 16.6 Å². The van der Waals surface area contributed by atoms with Crippen LogP contribution in [-0.4, -0.2) is 28.5 Å². The van der Waals surface area contributed by atoms with Gasteiger partial charge in [-0.15, -0.1) is 0 Å². The second-order valence-electron chi connectivity index (χ2n) is 7.72. The number of carboxylic acid groups (broad SMARTS) is 1. The second kappa shape index (κ2) is 9.28. The fraction of sp³-hybridized carbons (Fsp3) is 0.160. The van der Waals surface area contributed by atoms with Crippen molar-refractivity contribution in [1.29, 1.82) is 0 Å². The van der Waals surface area contributed by atoms with Gasteiger partial charge in [0.2, 0.25) is 0 Å². The number of amidine groups is 1. The van der Waals surface area contributed by atoms with E-state index in [9.17, 15) is 14.7 Å². The average molecular weight is 446 g/mol. The first-order chi connectivity index (χ1) is 15.4. The maximum atomic E-state index is 13.1. The van der Waals surface area contributed by atoms with Crippen molar-refractivity contribution in [3.05, 3.63) is 83.0 Å². The van der Waals surface area contributed by atoms with E-state index >= 15 is 0 Å². The van der Waals surface area contributed by atoms with E-state index in [2.05, 4.69) is 18.8 Å². The molecule has 0 spiro atoms. The largest absolute Gasteiger partial charge is 0.545 e. The quantitative estimate of drug-likeness (QED) is 0.519. The summed E-state index contributed by atoms with van der Waals surface area (Å²) >= 11 is 1.32. The Kier molecular flexibility index (Phi) is 6.28. The Hall–Kier alpha value is -3.58. The molecule has 32 heavy (non-hydrogen) atoms. The molecular formula is C25H21N2O4S-. The smallest absolute Gasteiger partial charge is 0.266 e. The minimum atomic E-state index is -1.22. The van der Waals surface area contributed by atoms with E-state index < -0.39 is 5.97 Å². The summed E-state index contributed by atoms with van der Waals surface area (Å²) in [6, 6.07) is 19.4. The van der Waals surface area contributed by atoms with E-state index in [1.54, 1.807) is 35.2 Å². The van der Waals surface area contributed by atoms with Crippen molar-refractivity contribution < 1.29 is 19.1 Å². The summed E-state index contributed by atoms with van der Waals surface area (Å²) < 4.78 is 5.89. The molecule has 1 amide bonds. The number of rotatable bonds is 6. The van der Waals surface area contributed by atoms with Crippen LogP contribution in [-0.2, 0) is 4.79 Å². The summed E-state index contributed by atoms with van der Waals surface area (Å²) in [6.07, 6.45) is 1.72. The number of carbonyl (C=O) groups excluding carboxylic acids is 2. The number of nitrogens with zero attached hydrogens (tertiary/aromatic N) is 2. The number of carbonyl (C=O) groups is 2. The molecule has 0 radical (unpaired) electrons. The second-order valence-corrected chi connectivity index (χ2v) is 8.73. The Morgan fingerprint density at radius 1 is 1.09 bits per heavy atom. The molecule has 1 aliphatic heterocycles. The van der Waals surface area contributed by atoms with Crippen molar-refractivity contribution in [2.24, 2.45) is 10.9 Å². The molecule has 0 atom stereocenters. The summed E-state index contributed by atoms with van der Waals surface area (Å²) in [4.78, 5) is 30.9. The number of amides is 1. The number of furan rings is 1. The van der Waals surface area contributed by atoms with Gasteiger partial charge < -0.3 is 14.3 Å². The molecule has 0 unspecified atom stereocenters. The van der Waals surface area contributed by atoms with Crippen LogP contribution in [0.5, 0.6) is 0 Å². The van der Waals surface area contributed by atoms with Crippen molar-refractivity contribution in [3.8, 4) is 11.3 Å². The summed E-state index contributed by atoms with van der Waals surface area (Å²) in [6.45, 7) is 4.69. The standard InChI is InChI=1S/C25H22N2O4S/c1-16(2)15-27-23(28)22(32-25(27)26-19-6-4-3-5-7-19)14-20-12-13-21(31-20)17-8-10-18(11-9-17)24(29)30/h3-14,16H,15H2,1-2H3,(H,29,30)/p-1/b22-14+,26-25?. The Labute approximate surface area is 190 Å². The van der Waals surface area contributed by atoms with Gasteiger partial charge in [-0.05, 0) is 47.5 Å². The van der Waals surface area contributed by atoms with Crippen LogP contribution in [0, 0.1) is 5.92 Å². The number of aromatic carboxylic acids is 1. The van der Waals surface area contributed by atoms with Crippen LogP contribution in [0.2, 0.25) is 0 Å². The van der Waals surface area contributed by atoms with E-state index in [-0.39, 0.29) is 11.5 Å². The molecule has 1 aliphatic rings. The van der Waals surface area contributed by atoms with Crippen LogP contribution in [0.4, 0.5) is 5.69 Å². The first-order valence-electron chi connectivity index (χ1n) is 10.2. The van der Waals surface area contributed by atoms with E-state index in [1.165, 1.54) is 23.9 Å². The van der Waals surface area contributed by atoms with Crippen LogP contribution in [0.1, 0.15) is 30.0 Å². The molecule has 0 bridgehead atoms. The van der Waals surface area contributed by atoms with E-state index in [0.717, 1.165) is 11.3 Å². The van der Waals surface area contributed by atoms with Crippen molar-refractivity contribution in [2.45, 2.75) is 13.8 Å². The van der Waals surface area contributed by atoms with E-state index in [0.29, 0.717) is 34.1 Å². The molecule has 2 heterocycles. The fourth-order valence-corrected chi connectivity index (χ4v) is 4.20. The molecule has 1 fully saturated rings. The lowest BCUT2D eigenvalue weighted by molar-refractivity contribution is -0.255. The molecule has 0 N–H and O–H groups in total. The van der Waals surface area contributed by atoms with Gasteiger partial charge in [-0.1, -0.05) is 56.3 Å². The van der Waals surface area contributed by atoms with Crippen molar-refractivity contribution in [2.75, 3.05) is 6.54 Å². The van der Waals surface area contributed by atoms with E-state index in [1.807, 2.05) is 30.3 Å². The lowest BCUT2D eigenvalue weighted by Gasteiger charge is -2.17. The maximum absolute atomic E-state index is 13.1. The van der Waals surface area contributed by atoms with Crippen LogP contribution in [0.15, 0.2) is 81.0 Å². The van der Waals surface area contributed by atoms with Gasteiger partial charge in [0, 0.05) is 18.2 Å². The average Bonchev–Trinajstić information content (AvgIpc) is 3.35. The van der Waals surface area contributed by atoms with Crippen molar-refractivity contribution in [3.63, 3.8) is 0 Å². The van der Waals surface area contributed by atoms with Gasteiger partial charge >= 0.3 is 0 Å². The highest BCUT2D eigenvalue weighted by atomic mass is 32.2. The zero-order chi connectivity index (χ0) is 22.7. The van der Waals surface area contributed by atoms with Crippen molar-refractivity contribution in [1.82, 2.24) is 4.90 Å². The predicted molar refractivity (Wildman–Crippen MR) is 124 cm³/mol. The third-order valence-electron chi connectivity index (χ3n) is 4.72. The van der Waals surface area contributed by atoms with Crippen LogP contribution in [0.25, 0.3) is 17.4 Å². The van der Waals surface area contributed by atoms with Gasteiger partial charge in [-0.25, -0.2) is 4.99 Å². The van der Waals surface area contributed by atoms with Gasteiger partial charge in [0.15, 0.2) is 5.17 Å². The minimum absolute atomic E-state index is 0.102. The summed E-state index contributed by atoms with van der Waals surface area (Å²) in [7, 11) is 0. The summed E-state index contributed by atoms with van der Waals surface area (Å²) in [5.74, 6) is 0.0745. The molecule has 3 aromatic rings. The zero-order valence-electron chi connectivity index (χ0n) is 17.6. The molecule has 6 nitrogen and oxygen atoms in total. The van der Waals surface area contributed by atoms with E-state index in [4.69, 9.17) is 4.42 Å². The Bertz CT molecular complexity index is 1190. The molecule has 2 aromatic carbocycles. The minimum Gasteiger partial charge on any atom is -0.545 e. The van der Waals surface area contributed by atoms with Gasteiger partial charge in [-0.2, -0.15) is 0 Å². The number of benzene rings is 2. The number of para-hydroxylation sites is 1. The number of carboxylic acids is 1. The van der Waals surface area contributed by atoms with Gasteiger partial charge in [0.25, 0.3) is 5.91 Å².